The second-order valence-electron chi connectivity index (χ2n) is 4.43. The third kappa shape index (κ3) is 3.60. The Balaban J connectivity index is 2.10. The van der Waals surface area contributed by atoms with Crippen LogP contribution in [0.25, 0.3) is 0 Å². The molecule has 0 spiro atoms. The normalized spacial score (nSPS) is 10.3. The summed E-state index contributed by atoms with van der Waals surface area (Å²) in [5.74, 6) is -0.219. The van der Waals surface area contributed by atoms with E-state index in [1.165, 1.54) is 6.07 Å². The van der Waals surface area contributed by atoms with Crippen molar-refractivity contribution in [2.45, 2.75) is 19.9 Å². The van der Waals surface area contributed by atoms with Gasteiger partial charge in [0.2, 0.25) is 0 Å². The number of halogens is 1. The number of ether oxygens (including phenoxy) is 1. The molecule has 2 rings (SSSR count). The van der Waals surface area contributed by atoms with Gasteiger partial charge in [0, 0.05) is 31.1 Å². The maximum atomic E-state index is 13.7. The van der Waals surface area contributed by atoms with Crippen LogP contribution in [0.15, 0.2) is 36.7 Å². The third-order valence-electron chi connectivity index (χ3n) is 2.80. The van der Waals surface area contributed by atoms with E-state index >= 15 is 0 Å². The van der Waals surface area contributed by atoms with Crippen molar-refractivity contribution in [2.75, 3.05) is 17.7 Å². The van der Waals surface area contributed by atoms with Crippen LogP contribution in [0.1, 0.15) is 18.9 Å². The fourth-order valence-electron chi connectivity index (χ4n) is 1.74. The zero-order valence-electron chi connectivity index (χ0n) is 11.4. The first-order valence-corrected chi connectivity index (χ1v) is 6.55. The second kappa shape index (κ2) is 6.75. The summed E-state index contributed by atoms with van der Waals surface area (Å²) in [6.45, 7) is 3.04. The highest BCUT2D eigenvalue weighted by Gasteiger charge is 2.09. The molecule has 20 heavy (non-hydrogen) atoms. The molecule has 0 atom stereocenters. The van der Waals surface area contributed by atoms with E-state index in [1.54, 1.807) is 18.5 Å². The van der Waals surface area contributed by atoms with Crippen LogP contribution in [0.5, 0.6) is 5.75 Å². The zero-order chi connectivity index (χ0) is 14.4. The van der Waals surface area contributed by atoms with Gasteiger partial charge in [0.1, 0.15) is 0 Å². The summed E-state index contributed by atoms with van der Waals surface area (Å²) in [5, 5.41) is 3.17. The fraction of sp³-hybridized carbons (Fsp3) is 0.267. The standard InChI is InChI=1S/C15H18FN3O/c1-2-7-20-15-9-14(13(17)8-12(15)16)19-10-11-3-5-18-6-4-11/h3-6,8-9,19H,2,7,10,17H2,1H3. The van der Waals surface area contributed by atoms with Crippen molar-refractivity contribution in [1.82, 2.24) is 4.98 Å². The first-order chi connectivity index (χ1) is 9.70. The van der Waals surface area contributed by atoms with Crippen LogP contribution >= 0.6 is 0 Å². The van der Waals surface area contributed by atoms with Crippen LogP contribution in [-0.2, 0) is 6.54 Å². The zero-order valence-corrected chi connectivity index (χ0v) is 11.4. The van der Waals surface area contributed by atoms with Crippen molar-refractivity contribution < 1.29 is 9.13 Å². The molecule has 0 aliphatic heterocycles. The Kier molecular flexibility index (Phi) is 4.76. The molecular weight excluding hydrogens is 257 g/mol. The molecule has 0 aliphatic rings. The number of hydrogen-bond donors (Lipinski definition) is 2. The van der Waals surface area contributed by atoms with Gasteiger partial charge in [-0.2, -0.15) is 0 Å². The summed E-state index contributed by atoms with van der Waals surface area (Å²) >= 11 is 0. The van der Waals surface area contributed by atoms with Crippen LogP contribution in [0.4, 0.5) is 15.8 Å². The SMILES string of the molecule is CCCOc1cc(NCc2ccncc2)c(N)cc1F. The maximum absolute atomic E-state index is 13.7. The Morgan fingerprint density at radius 2 is 2.05 bits per heavy atom. The van der Waals surface area contributed by atoms with Gasteiger partial charge in [0.15, 0.2) is 11.6 Å². The molecule has 0 aliphatic carbocycles. The molecule has 1 aromatic carbocycles. The average molecular weight is 275 g/mol. The van der Waals surface area contributed by atoms with E-state index in [1.807, 2.05) is 19.1 Å². The molecule has 3 N–H and O–H groups in total. The van der Waals surface area contributed by atoms with Crippen molar-refractivity contribution in [3.63, 3.8) is 0 Å². The molecule has 1 heterocycles. The van der Waals surface area contributed by atoms with Gasteiger partial charge in [0.25, 0.3) is 0 Å². The number of pyridine rings is 1. The number of benzene rings is 1. The van der Waals surface area contributed by atoms with Crippen molar-refractivity contribution in [3.8, 4) is 5.75 Å². The Labute approximate surface area is 117 Å². The number of nitrogens with one attached hydrogen (secondary N) is 1. The van der Waals surface area contributed by atoms with E-state index in [-0.39, 0.29) is 5.75 Å². The van der Waals surface area contributed by atoms with Gasteiger partial charge in [-0.1, -0.05) is 6.92 Å². The fourth-order valence-corrected chi connectivity index (χ4v) is 1.74. The molecule has 0 saturated heterocycles. The summed E-state index contributed by atoms with van der Waals surface area (Å²) in [6.07, 6.45) is 4.27. The van der Waals surface area contributed by atoms with Crippen LogP contribution in [-0.4, -0.2) is 11.6 Å². The second-order valence-corrected chi connectivity index (χ2v) is 4.43. The highest BCUT2D eigenvalue weighted by molar-refractivity contribution is 5.68. The van der Waals surface area contributed by atoms with E-state index in [4.69, 9.17) is 10.5 Å². The average Bonchev–Trinajstić information content (AvgIpc) is 2.46. The van der Waals surface area contributed by atoms with Crippen LogP contribution in [0, 0.1) is 5.82 Å². The number of anilines is 2. The van der Waals surface area contributed by atoms with Crippen LogP contribution in [0.3, 0.4) is 0 Å². The minimum atomic E-state index is -0.439. The van der Waals surface area contributed by atoms with Gasteiger partial charge in [0.05, 0.1) is 18.0 Å². The molecule has 0 saturated carbocycles. The van der Waals surface area contributed by atoms with Gasteiger partial charge in [-0.15, -0.1) is 0 Å². The predicted octanol–water partition coefficient (Wildman–Crippen LogP) is 3.20. The van der Waals surface area contributed by atoms with E-state index in [0.29, 0.717) is 24.5 Å². The Hall–Kier alpha value is -2.30. The minimum absolute atomic E-state index is 0.221. The van der Waals surface area contributed by atoms with Crippen molar-refractivity contribution in [3.05, 3.63) is 48.0 Å². The summed E-state index contributed by atoms with van der Waals surface area (Å²) in [6, 6.07) is 6.68. The lowest BCUT2D eigenvalue weighted by atomic mass is 10.2. The molecule has 0 bridgehead atoms. The monoisotopic (exact) mass is 275 g/mol. The topological polar surface area (TPSA) is 60.2 Å². The van der Waals surface area contributed by atoms with Crippen molar-refractivity contribution in [1.29, 1.82) is 0 Å². The molecular formula is C15H18FN3O. The largest absolute Gasteiger partial charge is 0.490 e. The number of hydrogen-bond acceptors (Lipinski definition) is 4. The smallest absolute Gasteiger partial charge is 0.167 e. The Bertz CT molecular complexity index is 561. The molecule has 4 nitrogen and oxygen atoms in total. The Morgan fingerprint density at radius 3 is 2.75 bits per heavy atom. The number of nitrogens with zero attached hydrogens (tertiary/aromatic N) is 1. The van der Waals surface area contributed by atoms with Gasteiger partial charge in [-0.25, -0.2) is 4.39 Å². The summed E-state index contributed by atoms with van der Waals surface area (Å²) < 4.78 is 19.0. The van der Waals surface area contributed by atoms with Gasteiger partial charge in [-0.05, 0) is 24.1 Å². The molecule has 2 aromatic rings. The summed E-state index contributed by atoms with van der Waals surface area (Å²) in [5.41, 5.74) is 7.90. The first-order valence-electron chi connectivity index (χ1n) is 6.55. The van der Waals surface area contributed by atoms with Gasteiger partial charge < -0.3 is 15.8 Å². The lowest BCUT2D eigenvalue weighted by molar-refractivity contribution is 0.301. The predicted molar refractivity (Wildman–Crippen MR) is 78.2 cm³/mol. The Morgan fingerprint density at radius 1 is 1.30 bits per heavy atom. The lowest BCUT2D eigenvalue weighted by Crippen LogP contribution is -2.05. The molecule has 0 amide bonds. The van der Waals surface area contributed by atoms with E-state index < -0.39 is 5.82 Å². The molecule has 0 fully saturated rings. The molecule has 5 heteroatoms. The minimum Gasteiger partial charge on any atom is -0.490 e. The van der Waals surface area contributed by atoms with Gasteiger partial charge in [-0.3, -0.25) is 4.98 Å². The van der Waals surface area contributed by atoms with Crippen molar-refractivity contribution in [2.24, 2.45) is 0 Å². The van der Waals surface area contributed by atoms with E-state index in [0.717, 1.165) is 12.0 Å². The van der Waals surface area contributed by atoms with E-state index in [2.05, 4.69) is 10.3 Å². The quantitative estimate of drug-likeness (QED) is 0.795. The lowest BCUT2D eigenvalue weighted by Gasteiger charge is -2.13. The first kappa shape index (κ1) is 14.1. The molecule has 0 radical (unpaired) electrons. The number of nitrogen functional groups attached to an aromatic ring is 1. The van der Waals surface area contributed by atoms with Crippen molar-refractivity contribution >= 4 is 11.4 Å². The van der Waals surface area contributed by atoms with Crippen LogP contribution < -0.4 is 15.8 Å². The summed E-state index contributed by atoms with van der Waals surface area (Å²) in [7, 11) is 0. The highest BCUT2D eigenvalue weighted by Crippen LogP contribution is 2.28. The molecule has 1 aromatic heterocycles. The highest BCUT2D eigenvalue weighted by atomic mass is 19.1. The molecule has 0 unspecified atom stereocenters. The van der Waals surface area contributed by atoms with Crippen LogP contribution in [0.2, 0.25) is 0 Å². The van der Waals surface area contributed by atoms with E-state index in [9.17, 15) is 4.39 Å². The maximum Gasteiger partial charge on any atom is 0.167 e. The van der Waals surface area contributed by atoms with Gasteiger partial charge >= 0.3 is 0 Å². The summed E-state index contributed by atoms with van der Waals surface area (Å²) in [4.78, 5) is 3.96. The number of nitrogens with two attached hydrogens (primary N) is 1. The number of aromatic nitrogens is 1. The third-order valence-corrected chi connectivity index (χ3v) is 2.80. The number of rotatable bonds is 6. The molecule has 106 valence electrons.